The van der Waals surface area contributed by atoms with Gasteiger partial charge in [-0.25, -0.2) is 9.97 Å². The third-order valence-electron chi connectivity index (χ3n) is 2.84. The van der Waals surface area contributed by atoms with E-state index in [2.05, 4.69) is 40.3 Å². The number of benzene rings is 2. The van der Waals surface area contributed by atoms with E-state index in [-0.39, 0.29) is 0 Å². The first kappa shape index (κ1) is 13.5. The Bertz CT molecular complexity index is 681. The fourth-order valence-corrected chi connectivity index (χ4v) is 3.80. The van der Waals surface area contributed by atoms with E-state index in [0.717, 1.165) is 27.4 Å². The number of rotatable bonds is 5. The predicted molar refractivity (Wildman–Crippen MR) is 87.4 cm³/mol. The largest absolute Gasteiger partial charge is 0.236 e. The standard InChI is InChI=1S/C16H14N2S2/c1-2-6-13(7-3-1)19-10-11-20-16-14-8-4-5-9-15(14)17-12-18-16/h1-9,12H,10-11H2. The van der Waals surface area contributed by atoms with Crippen LogP contribution in [-0.2, 0) is 0 Å². The Balaban J connectivity index is 1.60. The summed E-state index contributed by atoms with van der Waals surface area (Å²) in [7, 11) is 0. The lowest BCUT2D eigenvalue weighted by molar-refractivity contribution is 1.10. The zero-order valence-corrected chi connectivity index (χ0v) is 12.5. The van der Waals surface area contributed by atoms with E-state index in [4.69, 9.17) is 0 Å². The molecular weight excluding hydrogens is 284 g/mol. The minimum absolute atomic E-state index is 1.01. The fraction of sp³-hybridized carbons (Fsp3) is 0.125. The fourth-order valence-electron chi connectivity index (χ4n) is 1.91. The van der Waals surface area contributed by atoms with Crippen molar-refractivity contribution in [3.63, 3.8) is 0 Å². The van der Waals surface area contributed by atoms with Gasteiger partial charge < -0.3 is 0 Å². The van der Waals surface area contributed by atoms with E-state index >= 15 is 0 Å². The predicted octanol–water partition coefficient (Wildman–Crippen LogP) is 4.51. The number of hydrogen-bond acceptors (Lipinski definition) is 4. The monoisotopic (exact) mass is 298 g/mol. The Morgan fingerprint density at radius 1 is 0.750 bits per heavy atom. The zero-order valence-electron chi connectivity index (χ0n) is 10.9. The molecule has 4 heteroatoms. The molecular formula is C16H14N2S2. The van der Waals surface area contributed by atoms with Crippen molar-refractivity contribution in [1.29, 1.82) is 0 Å². The van der Waals surface area contributed by atoms with Crippen LogP contribution >= 0.6 is 23.5 Å². The average molecular weight is 298 g/mol. The van der Waals surface area contributed by atoms with E-state index in [9.17, 15) is 0 Å². The van der Waals surface area contributed by atoms with Gasteiger partial charge in [-0.1, -0.05) is 36.4 Å². The molecule has 0 bridgehead atoms. The van der Waals surface area contributed by atoms with Gasteiger partial charge in [-0.15, -0.1) is 23.5 Å². The Hall–Kier alpha value is -1.52. The van der Waals surface area contributed by atoms with Gasteiger partial charge in [0.05, 0.1) is 5.52 Å². The lowest BCUT2D eigenvalue weighted by Gasteiger charge is -2.04. The van der Waals surface area contributed by atoms with Crippen molar-refractivity contribution < 1.29 is 0 Å². The van der Waals surface area contributed by atoms with Crippen molar-refractivity contribution in [1.82, 2.24) is 9.97 Å². The van der Waals surface area contributed by atoms with E-state index in [1.807, 2.05) is 36.0 Å². The maximum atomic E-state index is 4.39. The molecule has 20 heavy (non-hydrogen) atoms. The number of nitrogens with zero attached hydrogens (tertiary/aromatic N) is 2. The second-order valence-electron chi connectivity index (χ2n) is 4.21. The van der Waals surface area contributed by atoms with E-state index < -0.39 is 0 Å². The van der Waals surface area contributed by atoms with Crippen LogP contribution in [0.3, 0.4) is 0 Å². The van der Waals surface area contributed by atoms with Crippen molar-refractivity contribution in [3.05, 3.63) is 60.9 Å². The maximum Gasteiger partial charge on any atom is 0.117 e. The molecule has 0 saturated heterocycles. The number of fused-ring (bicyclic) bond motifs is 1. The molecule has 1 aromatic heterocycles. The molecule has 0 saturated carbocycles. The molecule has 0 radical (unpaired) electrons. The summed E-state index contributed by atoms with van der Waals surface area (Å²) >= 11 is 3.68. The highest BCUT2D eigenvalue weighted by molar-refractivity contribution is 8.03. The van der Waals surface area contributed by atoms with Gasteiger partial charge in [-0.2, -0.15) is 0 Å². The maximum absolute atomic E-state index is 4.39. The smallest absolute Gasteiger partial charge is 0.117 e. The van der Waals surface area contributed by atoms with Gasteiger partial charge in [-0.05, 0) is 18.2 Å². The molecule has 0 aliphatic carbocycles. The highest BCUT2D eigenvalue weighted by Crippen LogP contribution is 2.26. The molecule has 0 unspecified atom stereocenters. The van der Waals surface area contributed by atoms with Crippen LogP contribution in [0.25, 0.3) is 10.9 Å². The molecule has 100 valence electrons. The van der Waals surface area contributed by atoms with Gasteiger partial charge in [0.2, 0.25) is 0 Å². The van der Waals surface area contributed by atoms with Crippen LogP contribution in [0, 0.1) is 0 Å². The Morgan fingerprint density at radius 2 is 1.50 bits per heavy atom. The molecule has 1 heterocycles. The summed E-state index contributed by atoms with van der Waals surface area (Å²) < 4.78 is 0. The van der Waals surface area contributed by atoms with Gasteiger partial charge in [0.1, 0.15) is 11.4 Å². The Labute approximate surface area is 127 Å². The van der Waals surface area contributed by atoms with Gasteiger partial charge in [0.25, 0.3) is 0 Å². The molecule has 3 aromatic rings. The van der Waals surface area contributed by atoms with Crippen LogP contribution in [0.15, 0.2) is 70.8 Å². The van der Waals surface area contributed by atoms with Gasteiger partial charge >= 0.3 is 0 Å². The summed E-state index contributed by atoms with van der Waals surface area (Å²) in [6.07, 6.45) is 1.65. The summed E-state index contributed by atoms with van der Waals surface area (Å²) in [5.41, 5.74) is 1.01. The quantitative estimate of drug-likeness (QED) is 0.393. The van der Waals surface area contributed by atoms with Gasteiger partial charge in [-0.3, -0.25) is 0 Å². The number of para-hydroxylation sites is 1. The SMILES string of the molecule is c1ccc(SCCSc2ncnc3ccccc23)cc1. The second kappa shape index (κ2) is 6.77. The van der Waals surface area contributed by atoms with Crippen molar-refractivity contribution in [2.24, 2.45) is 0 Å². The van der Waals surface area contributed by atoms with E-state index in [1.54, 1.807) is 18.1 Å². The second-order valence-corrected chi connectivity index (χ2v) is 6.46. The third-order valence-corrected chi connectivity index (χ3v) is 5.12. The Morgan fingerprint density at radius 3 is 2.40 bits per heavy atom. The van der Waals surface area contributed by atoms with Crippen LogP contribution < -0.4 is 0 Å². The lowest BCUT2D eigenvalue weighted by Crippen LogP contribution is -1.89. The zero-order chi connectivity index (χ0) is 13.6. The topological polar surface area (TPSA) is 25.8 Å². The summed E-state index contributed by atoms with van der Waals surface area (Å²) in [6.45, 7) is 0. The highest BCUT2D eigenvalue weighted by atomic mass is 32.2. The first-order valence-electron chi connectivity index (χ1n) is 6.44. The van der Waals surface area contributed by atoms with Crippen LogP contribution in [0.1, 0.15) is 0 Å². The molecule has 2 aromatic carbocycles. The molecule has 0 spiro atoms. The van der Waals surface area contributed by atoms with Crippen LogP contribution in [0.5, 0.6) is 0 Å². The first-order valence-corrected chi connectivity index (χ1v) is 8.41. The van der Waals surface area contributed by atoms with E-state index in [0.29, 0.717) is 0 Å². The summed E-state index contributed by atoms with van der Waals surface area (Å²) in [5, 5.41) is 2.22. The summed E-state index contributed by atoms with van der Waals surface area (Å²) in [4.78, 5) is 10.0. The van der Waals surface area contributed by atoms with Crippen LogP contribution in [0.4, 0.5) is 0 Å². The Kier molecular flexibility index (Phi) is 4.56. The molecule has 0 amide bonds. The van der Waals surface area contributed by atoms with E-state index in [1.165, 1.54) is 4.90 Å². The number of hydrogen-bond donors (Lipinski definition) is 0. The molecule has 0 aliphatic heterocycles. The highest BCUT2D eigenvalue weighted by Gasteiger charge is 2.03. The molecule has 0 fully saturated rings. The van der Waals surface area contributed by atoms with Crippen molar-refractivity contribution in [2.45, 2.75) is 9.92 Å². The molecule has 0 aliphatic rings. The van der Waals surface area contributed by atoms with Crippen LogP contribution in [-0.4, -0.2) is 21.5 Å². The average Bonchev–Trinajstić information content (AvgIpc) is 2.53. The minimum Gasteiger partial charge on any atom is -0.236 e. The lowest BCUT2D eigenvalue weighted by atomic mass is 10.2. The number of thioether (sulfide) groups is 2. The molecule has 0 N–H and O–H groups in total. The molecule has 2 nitrogen and oxygen atoms in total. The van der Waals surface area contributed by atoms with Gasteiger partial charge in [0.15, 0.2) is 0 Å². The molecule has 3 rings (SSSR count). The summed E-state index contributed by atoms with van der Waals surface area (Å²) in [5.74, 6) is 2.12. The normalized spacial score (nSPS) is 10.8. The van der Waals surface area contributed by atoms with Crippen molar-refractivity contribution in [3.8, 4) is 0 Å². The minimum atomic E-state index is 1.01. The molecule has 0 atom stereocenters. The van der Waals surface area contributed by atoms with Crippen molar-refractivity contribution in [2.75, 3.05) is 11.5 Å². The summed E-state index contributed by atoms with van der Waals surface area (Å²) in [6, 6.07) is 18.7. The third kappa shape index (κ3) is 3.32. The first-order chi connectivity index (χ1) is 9.93. The van der Waals surface area contributed by atoms with Gasteiger partial charge in [0, 0.05) is 21.8 Å². The number of aromatic nitrogens is 2. The van der Waals surface area contributed by atoms with Crippen molar-refractivity contribution >= 4 is 34.4 Å². The van der Waals surface area contributed by atoms with Crippen LogP contribution in [0.2, 0.25) is 0 Å².